The second-order valence-electron chi connectivity index (χ2n) is 2.74. The van der Waals surface area contributed by atoms with Crippen molar-refractivity contribution in [1.82, 2.24) is 20.2 Å². The Morgan fingerprint density at radius 1 is 1.71 bits per heavy atom. The molecule has 0 aliphatic heterocycles. The molecule has 0 saturated heterocycles. The molecule has 0 aliphatic rings. The number of esters is 1. The van der Waals surface area contributed by atoms with Gasteiger partial charge in [-0.3, -0.25) is 4.79 Å². The minimum Gasteiger partial charge on any atom is -0.464 e. The quantitative estimate of drug-likeness (QED) is 0.445. The molecule has 1 rings (SSSR count). The second-order valence-corrected chi connectivity index (χ2v) is 3.11. The van der Waals surface area contributed by atoms with Crippen LogP contribution in [-0.4, -0.2) is 32.8 Å². The number of carbonyl (C=O) groups excluding carboxylic acids is 1. The molecule has 1 aromatic heterocycles. The molecule has 14 heavy (non-hydrogen) atoms. The third kappa shape index (κ3) is 3.25. The summed E-state index contributed by atoms with van der Waals surface area (Å²) in [6.07, 6.45) is 1.87. The number of H-pyrrole nitrogens is 1. The first-order valence-electron chi connectivity index (χ1n) is 4.37. The van der Waals surface area contributed by atoms with Crippen LogP contribution in [0.1, 0.15) is 19.8 Å². The van der Waals surface area contributed by atoms with Crippen LogP contribution >= 0.6 is 12.2 Å². The highest BCUT2D eigenvalue weighted by Gasteiger charge is 2.05. The van der Waals surface area contributed by atoms with Crippen molar-refractivity contribution in [3.63, 3.8) is 0 Å². The molecule has 78 valence electrons. The van der Waals surface area contributed by atoms with Gasteiger partial charge in [0, 0.05) is 0 Å². The van der Waals surface area contributed by atoms with E-state index in [1.807, 2.05) is 6.92 Å². The van der Waals surface area contributed by atoms with Crippen molar-refractivity contribution in [2.75, 3.05) is 6.61 Å². The molecule has 7 heteroatoms. The van der Waals surface area contributed by atoms with Crippen LogP contribution in [-0.2, 0) is 16.1 Å². The van der Waals surface area contributed by atoms with Crippen LogP contribution in [0.4, 0.5) is 0 Å². The van der Waals surface area contributed by atoms with Gasteiger partial charge in [-0.1, -0.05) is 23.7 Å². The zero-order chi connectivity index (χ0) is 10.4. The molecule has 0 amide bonds. The molecule has 0 atom stereocenters. The van der Waals surface area contributed by atoms with Gasteiger partial charge >= 0.3 is 5.97 Å². The molecule has 0 aliphatic carbocycles. The number of tetrazole rings is 1. The number of hydrogen-bond acceptors (Lipinski definition) is 5. The Balaban J connectivity index is 2.34. The van der Waals surface area contributed by atoms with Crippen molar-refractivity contribution in [3.05, 3.63) is 4.77 Å². The van der Waals surface area contributed by atoms with E-state index in [2.05, 4.69) is 15.5 Å². The molecule has 1 heterocycles. The molecule has 1 aromatic rings. The number of carbonyl (C=O) groups is 1. The molecule has 0 spiro atoms. The number of aromatic nitrogens is 4. The normalized spacial score (nSPS) is 10.1. The summed E-state index contributed by atoms with van der Waals surface area (Å²) in [6.45, 7) is 2.52. The predicted molar refractivity (Wildman–Crippen MR) is 51.1 cm³/mol. The maximum Gasteiger partial charge on any atom is 0.327 e. The highest BCUT2D eigenvalue weighted by Crippen LogP contribution is 1.91. The Bertz CT molecular complexity index is 345. The Morgan fingerprint density at radius 3 is 3.07 bits per heavy atom. The van der Waals surface area contributed by atoms with Gasteiger partial charge in [0.15, 0.2) is 0 Å². The van der Waals surface area contributed by atoms with Crippen LogP contribution < -0.4 is 0 Å². The summed E-state index contributed by atoms with van der Waals surface area (Å²) < 4.78 is 6.53. The van der Waals surface area contributed by atoms with E-state index in [4.69, 9.17) is 17.0 Å². The van der Waals surface area contributed by atoms with Gasteiger partial charge in [0.2, 0.25) is 4.77 Å². The Kier molecular flexibility index (Phi) is 4.24. The molecule has 6 nitrogen and oxygen atoms in total. The van der Waals surface area contributed by atoms with Crippen molar-refractivity contribution in [1.29, 1.82) is 0 Å². The van der Waals surface area contributed by atoms with Crippen LogP contribution in [0.25, 0.3) is 0 Å². The zero-order valence-corrected chi connectivity index (χ0v) is 8.71. The number of unbranched alkanes of at least 4 members (excludes halogenated alkanes) is 1. The van der Waals surface area contributed by atoms with Crippen molar-refractivity contribution in [2.45, 2.75) is 26.3 Å². The van der Waals surface area contributed by atoms with Crippen molar-refractivity contribution < 1.29 is 9.53 Å². The Hall–Kier alpha value is -1.24. The lowest BCUT2D eigenvalue weighted by atomic mass is 10.4. The van der Waals surface area contributed by atoms with Gasteiger partial charge in [0.25, 0.3) is 0 Å². The smallest absolute Gasteiger partial charge is 0.327 e. The molecule has 1 N–H and O–H groups in total. The van der Waals surface area contributed by atoms with Gasteiger partial charge in [0.05, 0.1) is 6.61 Å². The Morgan fingerprint density at radius 2 is 2.50 bits per heavy atom. The SMILES string of the molecule is CCCCOC(=O)Cn1[nH]nnc1=S. The molecule has 0 unspecified atom stereocenters. The lowest BCUT2D eigenvalue weighted by molar-refractivity contribution is -0.144. The first-order chi connectivity index (χ1) is 6.74. The van der Waals surface area contributed by atoms with Crippen molar-refractivity contribution in [3.8, 4) is 0 Å². The fourth-order valence-electron chi connectivity index (χ4n) is 0.824. The Labute approximate surface area is 86.2 Å². The van der Waals surface area contributed by atoms with Gasteiger partial charge < -0.3 is 4.74 Å². The van der Waals surface area contributed by atoms with Crippen LogP contribution in [0.15, 0.2) is 0 Å². The van der Waals surface area contributed by atoms with E-state index in [0.717, 1.165) is 12.8 Å². The topological polar surface area (TPSA) is 72.8 Å². The van der Waals surface area contributed by atoms with Crippen molar-refractivity contribution in [2.24, 2.45) is 0 Å². The number of nitrogens with one attached hydrogen (secondary N) is 1. The third-order valence-electron chi connectivity index (χ3n) is 1.58. The average molecular weight is 216 g/mol. The van der Waals surface area contributed by atoms with Gasteiger partial charge in [0.1, 0.15) is 6.54 Å². The van der Waals surface area contributed by atoms with Crippen LogP contribution in [0.2, 0.25) is 0 Å². The minimum atomic E-state index is -0.333. The zero-order valence-electron chi connectivity index (χ0n) is 7.89. The van der Waals surface area contributed by atoms with E-state index in [1.165, 1.54) is 4.68 Å². The van der Waals surface area contributed by atoms with Gasteiger partial charge in [-0.15, -0.1) is 0 Å². The van der Waals surface area contributed by atoms with E-state index in [0.29, 0.717) is 6.61 Å². The second kappa shape index (κ2) is 5.48. The largest absolute Gasteiger partial charge is 0.464 e. The predicted octanol–water partition coefficient (Wildman–Crippen LogP) is 0.679. The number of hydrogen-bond donors (Lipinski definition) is 1. The standard InChI is InChI=1S/C7H12N4O2S/c1-2-3-4-13-6(12)5-11-7(14)8-9-10-11/h2-5H2,1H3,(H,8,10,14). The lowest BCUT2D eigenvalue weighted by Crippen LogP contribution is -2.15. The molecular weight excluding hydrogens is 204 g/mol. The van der Waals surface area contributed by atoms with E-state index in [9.17, 15) is 4.79 Å². The number of aromatic amines is 1. The highest BCUT2D eigenvalue weighted by atomic mass is 32.1. The minimum absolute atomic E-state index is 0.0372. The fraction of sp³-hybridized carbons (Fsp3) is 0.714. The number of ether oxygens (including phenoxy) is 1. The monoisotopic (exact) mass is 216 g/mol. The van der Waals surface area contributed by atoms with Gasteiger partial charge in [-0.05, 0) is 18.6 Å². The number of nitrogens with zero attached hydrogens (tertiary/aromatic N) is 3. The van der Waals surface area contributed by atoms with E-state index >= 15 is 0 Å². The maximum absolute atomic E-state index is 11.2. The molecule has 0 fully saturated rings. The van der Waals surface area contributed by atoms with Gasteiger partial charge in [-0.25, -0.2) is 4.68 Å². The van der Waals surface area contributed by atoms with Crippen LogP contribution in [0.3, 0.4) is 0 Å². The van der Waals surface area contributed by atoms with E-state index in [-0.39, 0.29) is 17.3 Å². The van der Waals surface area contributed by atoms with Crippen molar-refractivity contribution >= 4 is 18.2 Å². The lowest BCUT2D eigenvalue weighted by Gasteiger charge is -2.02. The summed E-state index contributed by atoms with van der Waals surface area (Å²) in [5.41, 5.74) is 0. The molecule has 0 bridgehead atoms. The summed E-state index contributed by atoms with van der Waals surface area (Å²) >= 11 is 4.79. The summed E-state index contributed by atoms with van der Waals surface area (Å²) in [4.78, 5) is 11.2. The number of rotatable bonds is 5. The summed E-state index contributed by atoms with van der Waals surface area (Å²) in [5, 5.41) is 9.46. The van der Waals surface area contributed by atoms with E-state index < -0.39 is 0 Å². The van der Waals surface area contributed by atoms with Gasteiger partial charge in [-0.2, -0.15) is 5.21 Å². The summed E-state index contributed by atoms with van der Waals surface area (Å²) in [6, 6.07) is 0. The first-order valence-corrected chi connectivity index (χ1v) is 4.78. The summed E-state index contributed by atoms with van der Waals surface area (Å²) in [7, 11) is 0. The molecule has 0 saturated carbocycles. The molecule has 0 aromatic carbocycles. The maximum atomic E-state index is 11.2. The van der Waals surface area contributed by atoms with Crippen LogP contribution in [0.5, 0.6) is 0 Å². The first kappa shape index (κ1) is 10.8. The molecule has 0 radical (unpaired) electrons. The van der Waals surface area contributed by atoms with Crippen LogP contribution in [0, 0.1) is 4.77 Å². The third-order valence-corrected chi connectivity index (χ3v) is 1.88. The molecular formula is C7H12N4O2S. The fourth-order valence-corrected chi connectivity index (χ4v) is 0.970. The average Bonchev–Trinajstić information content (AvgIpc) is 2.52. The van der Waals surface area contributed by atoms with E-state index in [1.54, 1.807) is 0 Å². The summed E-state index contributed by atoms with van der Waals surface area (Å²) in [5.74, 6) is -0.333. The highest BCUT2D eigenvalue weighted by molar-refractivity contribution is 7.71.